The largest absolute Gasteiger partial charge is 0.349 e. The minimum Gasteiger partial charge on any atom is -0.349 e. The molecule has 142 valence electrons. The summed E-state index contributed by atoms with van der Waals surface area (Å²) >= 11 is 3.71. The Morgan fingerprint density at radius 3 is 2.92 bits per heavy atom. The van der Waals surface area contributed by atoms with Gasteiger partial charge < -0.3 is 4.98 Å². The van der Waals surface area contributed by atoms with E-state index in [0.717, 1.165) is 43.2 Å². The van der Waals surface area contributed by atoms with Crippen molar-refractivity contribution in [1.82, 2.24) is 9.88 Å². The molecule has 1 N–H and O–H groups in total. The van der Waals surface area contributed by atoms with Crippen LogP contribution in [0, 0.1) is 5.92 Å². The average molecular weight is 441 g/mol. The fourth-order valence-electron chi connectivity index (χ4n) is 4.83. The summed E-state index contributed by atoms with van der Waals surface area (Å²) in [4.78, 5) is 6.01. The Morgan fingerprint density at radius 2 is 2.19 bits per heavy atom. The van der Waals surface area contributed by atoms with Gasteiger partial charge in [0.15, 0.2) is 0 Å². The van der Waals surface area contributed by atoms with E-state index in [1.165, 1.54) is 22.0 Å². The number of nitrogens with zero attached hydrogens (tertiary/aromatic N) is 1. The summed E-state index contributed by atoms with van der Waals surface area (Å²) in [6.07, 6.45) is 4.23. The highest BCUT2D eigenvalue weighted by atomic mass is 79.9. The molecule has 1 unspecified atom stereocenters. The van der Waals surface area contributed by atoms with Crippen molar-refractivity contribution < 1.29 is 12.6 Å². The van der Waals surface area contributed by atoms with Crippen molar-refractivity contribution in [3.05, 3.63) is 33.9 Å². The van der Waals surface area contributed by atoms with E-state index in [2.05, 4.69) is 50.9 Å². The van der Waals surface area contributed by atoms with Gasteiger partial charge in [-0.25, -0.2) is 0 Å². The molecule has 2 heterocycles. The summed E-state index contributed by atoms with van der Waals surface area (Å²) in [5.74, 6) is 0.652. The van der Waals surface area contributed by atoms with Crippen LogP contribution in [0.25, 0.3) is 10.9 Å². The van der Waals surface area contributed by atoms with Crippen molar-refractivity contribution in [2.24, 2.45) is 5.92 Å². The molecule has 1 aliphatic heterocycles. The highest BCUT2D eigenvalue weighted by Gasteiger charge is 2.41. The van der Waals surface area contributed by atoms with Gasteiger partial charge in [0, 0.05) is 29.4 Å². The first-order valence-corrected chi connectivity index (χ1v) is 11.9. The van der Waals surface area contributed by atoms with Crippen LogP contribution >= 0.6 is 15.9 Å². The second-order valence-electron chi connectivity index (χ2n) is 7.65. The number of rotatable bonds is 5. The smallest absolute Gasteiger partial charge is 0.264 e. The Morgan fingerprint density at radius 1 is 1.38 bits per heavy atom. The van der Waals surface area contributed by atoms with E-state index in [4.69, 9.17) is 4.18 Å². The maximum absolute atomic E-state index is 11.4. The van der Waals surface area contributed by atoms with E-state index in [1.807, 2.05) is 0 Å². The number of aromatic nitrogens is 1. The Kier molecular flexibility index (Phi) is 4.92. The third kappa shape index (κ3) is 3.35. The molecule has 2 aromatic rings. The summed E-state index contributed by atoms with van der Waals surface area (Å²) in [5, 5.41) is 1.35. The van der Waals surface area contributed by atoms with Gasteiger partial charge in [-0.3, -0.25) is 9.08 Å². The number of likely N-dealkylation sites (tertiary alicyclic amines) is 1. The minimum absolute atomic E-state index is 0.233. The van der Waals surface area contributed by atoms with E-state index in [9.17, 15) is 8.42 Å². The fraction of sp³-hybridized carbons (Fsp3) is 0.579. The molecule has 1 aromatic heterocycles. The third-order valence-electron chi connectivity index (χ3n) is 5.76. The highest BCUT2D eigenvalue weighted by molar-refractivity contribution is 9.10. The lowest BCUT2D eigenvalue weighted by molar-refractivity contribution is 0.0639. The maximum Gasteiger partial charge on any atom is 0.264 e. The van der Waals surface area contributed by atoms with Crippen molar-refractivity contribution in [1.29, 1.82) is 0 Å². The number of H-pyrrole nitrogens is 1. The second kappa shape index (κ2) is 6.93. The normalized spacial score (nSPS) is 26.2. The third-order valence-corrected chi connectivity index (χ3v) is 7.00. The van der Waals surface area contributed by atoms with Crippen LogP contribution in [0.1, 0.15) is 36.8 Å². The Hall–Kier alpha value is -0.890. The van der Waals surface area contributed by atoms with Gasteiger partial charge in [0.1, 0.15) is 0 Å². The molecular weight excluding hydrogens is 416 g/mol. The molecule has 4 rings (SSSR count). The molecule has 1 aliphatic carbocycles. The fourth-order valence-corrected chi connectivity index (χ4v) is 5.84. The van der Waals surface area contributed by atoms with E-state index in [0.29, 0.717) is 12.0 Å². The SMILES string of the molecule is CCCN1C[C@H](COS(C)(=O)=O)CC2c3cccc4[nH]c(Br)c(c34)C[C@H]21. The number of piperidine rings is 1. The molecule has 2 aliphatic rings. The average Bonchev–Trinajstić information content (AvgIpc) is 2.90. The second-order valence-corrected chi connectivity index (χ2v) is 10.1. The zero-order valence-electron chi connectivity index (χ0n) is 15.2. The number of nitrogens with one attached hydrogen (secondary N) is 1. The van der Waals surface area contributed by atoms with Crippen molar-refractivity contribution in [2.75, 3.05) is 26.0 Å². The number of benzene rings is 1. The number of aromatic amines is 1. The number of halogens is 1. The van der Waals surface area contributed by atoms with Crippen LogP contribution in [0.5, 0.6) is 0 Å². The predicted octanol–water partition coefficient (Wildman–Crippen LogP) is 3.65. The molecule has 0 bridgehead atoms. The lowest BCUT2D eigenvalue weighted by Gasteiger charge is -2.47. The number of fused-ring (bicyclic) bond motifs is 2. The Bertz CT molecular complexity index is 924. The highest BCUT2D eigenvalue weighted by Crippen LogP contribution is 2.46. The van der Waals surface area contributed by atoms with Crippen LogP contribution in [-0.2, 0) is 20.7 Å². The Balaban J connectivity index is 1.70. The van der Waals surface area contributed by atoms with Gasteiger partial charge in [-0.05, 0) is 64.8 Å². The number of hydrogen-bond acceptors (Lipinski definition) is 4. The van der Waals surface area contributed by atoms with Crippen LogP contribution < -0.4 is 0 Å². The first-order valence-electron chi connectivity index (χ1n) is 9.24. The van der Waals surface area contributed by atoms with Gasteiger partial charge in [-0.15, -0.1) is 0 Å². The molecule has 0 spiro atoms. The van der Waals surface area contributed by atoms with Gasteiger partial charge in [0.2, 0.25) is 0 Å². The molecule has 0 saturated carbocycles. The molecular formula is C19H25BrN2O3S. The van der Waals surface area contributed by atoms with E-state index >= 15 is 0 Å². The minimum atomic E-state index is -3.40. The van der Waals surface area contributed by atoms with Gasteiger partial charge >= 0.3 is 0 Å². The topological polar surface area (TPSA) is 62.4 Å². The monoisotopic (exact) mass is 440 g/mol. The lowest BCUT2D eigenvalue weighted by Crippen LogP contribution is -2.51. The van der Waals surface area contributed by atoms with Gasteiger partial charge in [0.25, 0.3) is 10.1 Å². The lowest BCUT2D eigenvalue weighted by atomic mass is 9.72. The first-order chi connectivity index (χ1) is 12.4. The quantitative estimate of drug-likeness (QED) is 0.720. The van der Waals surface area contributed by atoms with Gasteiger partial charge in [0.05, 0.1) is 17.5 Å². The van der Waals surface area contributed by atoms with E-state index < -0.39 is 10.1 Å². The summed E-state index contributed by atoms with van der Waals surface area (Å²) in [6.45, 7) is 4.41. The van der Waals surface area contributed by atoms with Crippen molar-refractivity contribution >= 4 is 37.0 Å². The van der Waals surface area contributed by atoms with Crippen LogP contribution in [0.3, 0.4) is 0 Å². The van der Waals surface area contributed by atoms with Gasteiger partial charge in [-0.1, -0.05) is 19.1 Å². The molecule has 1 saturated heterocycles. The molecule has 1 fully saturated rings. The number of hydrogen-bond donors (Lipinski definition) is 1. The van der Waals surface area contributed by atoms with Crippen LogP contribution in [0.4, 0.5) is 0 Å². The molecule has 1 aromatic carbocycles. The summed E-state index contributed by atoms with van der Waals surface area (Å²) in [5.41, 5.74) is 3.95. The zero-order valence-corrected chi connectivity index (χ0v) is 17.6. The van der Waals surface area contributed by atoms with Crippen LogP contribution in [-0.4, -0.2) is 50.3 Å². The van der Waals surface area contributed by atoms with E-state index in [-0.39, 0.29) is 12.5 Å². The van der Waals surface area contributed by atoms with Crippen molar-refractivity contribution in [2.45, 2.75) is 38.1 Å². The van der Waals surface area contributed by atoms with E-state index in [1.54, 1.807) is 0 Å². The summed E-state index contributed by atoms with van der Waals surface area (Å²) in [6, 6.07) is 6.96. The summed E-state index contributed by atoms with van der Waals surface area (Å²) < 4.78 is 29.1. The maximum atomic E-state index is 11.4. The molecule has 26 heavy (non-hydrogen) atoms. The molecule has 0 amide bonds. The first kappa shape index (κ1) is 18.5. The van der Waals surface area contributed by atoms with Crippen molar-refractivity contribution in [3.63, 3.8) is 0 Å². The summed E-state index contributed by atoms with van der Waals surface area (Å²) in [7, 11) is -3.40. The van der Waals surface area contributed by atoms with Crippen LogP contribution in [0.2, 0.25) is 0 Å². The predicted molar refractivity (Wildman–Crippen MR) is 107 cm³/mol. The zero-order chi connectivity index (χ0) is 18.5. The standard InChI is InChI=1S/C19H25BrN2O3S/c1-3-7-22-10-12(11-25-26(2,23)24)8-14-13-5-4-6-16-18(13)15(9-17(14)22)19(20)21-16/h4-6,12,14,17,21H,3,7-11H2,1-2H3/t12-,14?,17-/m1/s1. The molecule has 3 atom stereocenters. The molecule has 0 radical (unpaired) electrons. The molecule has 5 nitrogen and oxygen atoms in total. The van der Waals surface area contributed by atoms with Crippen LogP contribution in [0.15, 0.2) is 22.8 Å². The molecule has 7 heteroatoms. The van der Waals surface area contributed by atoms with Gasteiger partial charge in [-0.2, -0.15) is 8.42 Å². The Labute approximate surface area is 163 Å². The van der Waals surface area contributed by atoms with Crippen molar-refractivity contribution in [3.8, 4) is 0 Å².